The Balaban J connectivity index is 1.35. The van der Waals surface area contributed by atoms with Crippen LogP contribution in [0.15, 0.2) is 71.8 Å². The molecule has 1 saturated heterocycles. The number of pyridine rings is 1. The van der Waals surface area contributed by atoms with Crippen LogP contribution in [0, 0.1) is 5.92 Å². The molecular formula is C28H23N5O4. The summed E-state index contributed by atoms with van der Waals surface area (Å²) in [5.41, 5.74) is 4.61. The van der Waals surface area contributed by atoms with Gasteiger partial charge in [0, 0.05) is 49.7 Å². The van der Waals surface area contributed by atoms with Gasteiger partial charge in [0.05, 0.1) is 40.5 Å². The van der Waals surface area contributed by atoms with E-state index in [1.807, 2.05) is 53.7 Å². The van der Waals surface area contributed by atoms with E-state index in [0.717, 1.165) is 29.7 Å². The summed E-state index contributed by atoms with van der Waals surface area (Å²) in [4.78, 5) is 50.9. The van der Waals surface area contributed by atoms with Gasteiger partial charge in [-0.15, -0.1) is 0 Å². The van der Waals surface area contributed by atoms with Crippen LogP contribution in [-0.4, -0.2) is 51.9 Å². The third kappa shape index (κ3) is 3.31. The minimum Gasteiger partial charge on any atom is -0.381 e. The molecule has 0 saturated carbocycles. The summed E-state index contributed by atoms with van der Waals surface area (Å²) in [6.07, 6.45) is 8.88. The van der Waals surface area contributed by atoms with Gasteiger partial charge in [-0.25, -0.2) is 4.98 Å². The molecule has 1 atom stereocenters. The van der Waals surface area contributed by atoms with Crippen LogP contribution in [0.3, 0.4) is 0 Å². The molecule has 3 aromatic rings. The predicted molar refractivity (Wildman–Crippen MR) is 136 cm³/mol. The van der Waals surface area contributed by atoms with Gasteiger partial charge in [0.15, 0.2) is 5.78 Å². The standard InChI is InChI=1S/C28H23N5O4/c34-26(16-7-12-37-13-8-16)19-14-17-4-3-5-18-24(29-9-11-33(19)25(17)18)23-22(27(35)31-28(23)36)20-15-30-21-6-1-2-10-32(20)21/h1-6,9-11,15-16,19H,7-8,12-14H2,(H,31,35,36). The Morgan fingerprint density at radius 2 is 1.86 bits per heavy atom. The van der Waals surface area contributed by atoms with Crippen molar-refractivity contribution in [3.8, 4) is 0 Å². The summed E-state index contributed by atoms with van der Waals surface area (Å²) in [7, 11) is 0. The molecule has 1 N–H and O–H groups in total. The minimum absolute atomic E-state index is 0.0313. The normalized spacial score (nSPS) is 21.4. The molecule has 7 rings (SSSR count). The van der Waals surface area contributed by atoms with Crippen molar-refractivity contribution >= 4 is 40.2 Å². The van der Waals surface area contributed by atoms with E-state index in [0.29, 0.717) is 36.7 Å². The van der Waals surface area contributed by atoms with Crippen molar-refractivity contribution in [3.63, 3.8) is 0 Å². The maximum atomic E-state index is 13.6. The van der Waals surface area contributed by atoms with Crippen LogP contribution in [-0.2, 0) is 25.5 Å². The van der Waals surface area contributed by atoms with E-state index in [4.69, 9.17) is 4.74 Å². The fraction of sp³-hybridized carbons (Fsp3) is 0.250. The highest BCUT2D eigenvalue weighted by Gasteiger charge is 2.42. The van der Waals surface area contributed by atoms with Gasteiger partial charge >= 0.3 is 0 Å². The van der Waals surface area contributed by atoms with Crippen molar-refractivity contribution in [2.24, 2.45) is 10.9 Å². The van der Waals surface area contributed by atoms with Crippen LogP contribution in [0.2, 0.25) is 0 Å². The highest BCUT2D eigenvalue weighted by Crippen LogP contribution is 2.41. The zero-order chi connectivity index (χ0) is 25.1. The molecule has 1 fully saturated rings. The number of aliphatic imine (C=N–C) groups is 1. The maximum Gasteiger partial charge on any atom is 0.261 e. The van der Waals surface area contributed by atoms with Crippen LogP contribution < -0.4 is 10.2 Å². The monoisotopic (exact) mass is 493 g/mol. The first-order chi connectivity index (χ1) is 18.1. The van der Waals surface area contributed by atoms with Crippen molar-refractivity contribution < 1.29 is 19.1 Å². The lowest BCUT2D eigenvalue weighted by Crippen LogP contribution is -2.40. The molecule has 0 bridgehead atoms. The number of fused-ring (bicyclic) bond motifs is 1. The van der Waals surface area contributed by atoms with E-state index in [1.165, 1.54) is 0 Å². The van der Waals surface area contributed by atoms with E-state index in [9.17, 15) is 14.4 Å². The molecular weight excluding hydrogens is 470 g/mol. The lowest BCUT2D eigenvalue weighted by Gasteiger charge is -2.28. The quantitative estimate of drug-likeness (QED) is 0.560. The molecule has 1 unspecified atom stereocenters. The highest BCUT2D eigenvalue weighted by atomic mass is 16.5. The van der Waals surface area contributed by atoms with Gasteiger partial charge in [-0.1, -0.05) is 24.3 Å². The van der Waals surface area contributed by atoms with Gasteiger partial charge in [-0.2, -0.15) is 0 Å². The number of nitrogens with one attached hydrogen (secondary N) is 1. The molecule has 184 valence electrons. The van der Waals surface area contributed by atoms with Crippen molar-refractivity contribution in [3.05, 3.63) is 83.6 Å². The topological polar surface area (TPSA) is 105 Å². The summed E-state index contributed by atoms with van der Waals surface area (Å²) in [5, 5.41) is 2.45. The van der Waals surface area contributed by atoms with Crippen LogP contribution in [0.4, 0.5) is 5.69 Å². The average Bonchev–Trinajstić information content (AvgIpc) is 3.55. The number of ether oxygens (including phenoxy) is 1. The number of imidazole rings is 1. The first-order valence-corrected chi connectivity index (χ1v) is 12.4. The Kier molecular flexibility index (Phi) is 4.93. The van der Waals surface area contributed by atoms with Gasteiger partial charge in [-0.05, 0) is 30.5 Å². The Labute approximate surface area is 212 Å². The number of nitrogens with zero attached hydrogens (tertiary/aromatic N) is 4. The number of hydrogen-bond donors (Lipinski definition) is 1. The molecule has 4 aliphatic rings. The molecule has 1 aromatic carbocycles. The minimum atomic E-state index is -0.503. The number of aromatic nitrogens is 2. The summed E-state index contributed by atoms with van der Waals surface area (Å²) in [6, 6.07) is 11.0. The number of carbonyl (C=O) groups is 3. The maximum absolute atomic E-state index is 13.6. The van der Waals surface area contributed by atoms with Crippen molar-refractivity contribution in [1.82, 2.24) is 14.7 Å². The zero-order valence-corrected chi connectivity index (χ0v) is 19.9. The smallest absolute Gasteiger partial charge is 0.261 e. The van der Waals surface area contributed by atoms with Crippen LogP contribution in [0.5, 0.6) is 0 Å². The molecule has 4 aliphatic heterocycles. The van der Waals surface area contributed by atoms with E-state index >= 15 is 0 Å². The molecule has 2 aromatic heterocycles. The number of hydrogen-bond acceptors (Lipinski definition) is 7. The summed E-state index contributed by atoms with van der Waals surface area (Å²) < 4.78 is 7.24. The van der Waals surface area contributed by atoms with Crippen molar-refractivity contribution in [2.75, 3.05) is 18.1 Å². The number of anilines is 1. The Hall–Kier alpha value is -4.37. The number of ketones is 1. The Morgan fingerprint density at radius 3 is 2.73 bits per heavy atom. The molecule has 2 amide bonds. The number of para-hydroxylation sites is 1. The molecule has 0 radical (unpaired) electrons. The van der Waals surface area contributed by atoms with Gasteiger partial charge in [0.2, 0.25) is 0 Å². The van der Waals surface area contributed by atoms with Gasteiger partial charge in [0.1, 0.15) is 5.65 Å². The fourth-order valence-corrected chi connectivity index (χ4v) is 5.88. The molecule has 0 spiro atoms. The number of Topliss-reactive ketones (excluding diaryl/α,β-unsaturated/α-hetero) is 1. The molecule has 9 heteroatoms. The second-order valence-corrected chi connectivity index (χ2v) is 9.61. The van der Waals surface area contributed by atoms with Gasteiger partial charge in [-0.3, -0.25) is 29.1 Å². The van der Waals surface area contributed by atoms with Gasteiger partial charge < -0.3 is 9.64 Å². The molecule has 9 nitrogen and oxygen atoms in total. The number of amides is 2. The number of carbonyl (C=O) groups excluding carboxylic acids is 3. The van der Waals surface area contributed by atoms with Crippen LogP contribution >= 0.6 is 0 Å². The highest BCUT2D eigenvalue weighted by molar-refractivity contribution is 6.47. The summed E-state index contributed by atoms with van der Waals surface area (Å²) in [5.74, 6) is -0.815. The summed E-state index contributed by atoms with van der Waals surface area (Å²) in [6.45, 7) is 1.21. The van der Waals surface area contributed by atoms with Gasteiger partial charge in [0.25, 0.3) is 11.8 Å². The summed E-state index contributed by atoms with van der Waals surface area (Å²) >= 11 is 0. The lowest BCUT2D eigenvalue weighted by molar-refractivity contribution is -0.127. The first kappa shape index (κ1) is 21.9. The zero-order valence-electron chi connectivity index (χ0n) is 19.9. The fourth-order valence-electron chi connectivity index (χ4n) is 5.88. The molecule has 0 aliphatic carbocycles. The number of imide groups is 1. The SMILES string of the molecule is O=C1NC(=O)C(c2cnc3ccccn23)=C1C1=NC=CN2c3c(cccc31)CC2C(=O)C1CCOCC1. The first-order valence-electron chi connectivity index (χ1n) is 12.4. The second-order valence-electron chi connectivity index (χ2n) is 9.61. The Bertz CT molecular complexity index is 1590. The number of benzene rings is 1. The predicted octanol–water partition coefficient (Wildman–Crippen LogP) is 2.45. The van der Waals surface area contributed by atoms with E-state index in [1.54, 1.807) is 16.8 Å². The van der Waals surface area contributed by atoms with E-state index < -0.39 is 11.8 Å². The number of rotatable bonds is 4. The lowest BCUT2D eigenvalue weighted by atomic mass is 9.89. The molecule has 6 heterocycles. The Morgan fingerprint density at radius 1 is 1.03 bits per heavy atom. The average molecular weight is 494 g/mol. The third-order valence-electron chi connectivity index (χ3n) is 7.61. The van der Waals surface area contributed by atoms with E-state index in [-0.39, 0.29) is 28.9 Å². The van der Waals surface area contributed by atoms with E-state index in [2.05, 4.69) is 15.3 Å². The van der Waals surface area contributed by atoms with Crippen LogP contribution in [0.1, 0.15) is 29.7 Å². The second kappa shape index (κ2) is 8.35. The third-order valence-corrected chi connectivity index (χ3v) is 7.61. The van der Waals surface area contributed by atoms with Crippen molar-refractivity contribution in [2.45, 2.75) is 25.3 Å². The van der Waals surface area contributed by atoms with Crippen LogP contribution in [0.25, 0.3) is 11.2 Å². The van der Waals surface area contributed by atoms with Crippen molar-refractivity contribution in [1.29, 1.82) is 0 Å². The molecule has 37 heavy (non-hydrogen) atoms. The largest absolute Gasteiger partial charge is 0.381 e.